The molecule has 0 fully saturated rings. The fourth-order valence-electron chi connectivity index (χ4n) is 7.75. The van der Waals surface area contributed by atoms with Gasteiger partial charge in [0.1, 0.15) is 21.5 Å². The van der Waals surface area contributed by atoms with Gasteiger partial charge < -0.3 is 20.1 Å². The molecule has 0 saturated carbocycles. The van der Waals surface area contributed by atoms with E-state index in [-0.39, 0.29) is 0 Å². The lowest BCUT2D eigenvalue weighted by atomic mass is 10.1. The van der Waals surface area contributed by atoms with Crippen molar-refractivity contribution in [1.82, 2.24) is 0 Å². The van der Waals surface area contributed by atoms with E-state index in [2.05, 4.69) is 0 Å². The number of hydrogen-bond acceptors (Lipinski definition) is 7. The van der Waals surface area contributed by atoms with Gasteiger partial charge in [-0.1, -0.05) is 140 Å². The molecule has 0 aromatic heterocycles. The van der Waals surface area contributed by atoms with Gasteiger partial charge in [0.15, 0.2) is 0 Å². The van der Waals surface area contributed by atoms with Gasteiger partial charge in [-0.2, -0.15) is 0 Å². The number of unbranched alkanes of at least 4 members (excludes halogenated alkanes) is 6. The van der Waals surface area contributed by atoms with Gasteiger partial charge in [0.25, 0.3) is 0 Å². The Bertz CT molecular complexity index is 2710. The Morgan fingerprint density at radius 3 is 0.933 bits per heavy atom. The van der Waals surface area contributed by atoms with E-state index in [4.69, 9.17) is 51.1 Å². The van der Waals surface area contributed by atoms with Crippen LogP contribution in [0.1, 0.15) is 93.7 Å². The van der Waals surface area contributed by atoms with E-state index in [1.54, 1.807) is 79.9 Å². The third-order valence-corrected chi connectivity index (χ3v) is 18.0. The van der Waals surface area contributed by atoms with Crippen molar-refractivity contribution < 1.29 is 47.1 Å². The molecule has 6 rings (SSSR count). The number of rotatable bonds is 28. The van der Waals surface area contributed by atoms with E-state index in [0.717, 1.165) is 92.1 Å². The highest BCUT2D eigenvalue weighted by molar-refractivity contribution is 7.87. The molecule has 0 aliphatic heterocycles. The topological polar surface area (TPSA) is 172 Å². The Morgan fingerprint density at radius 2 is 0.653 bits per heavy atom. The van der Waals surface area contributed by atoms with E-state index in [9.17, 15) is 42.3 Å². The molecule has 6 aromatic rings. The maximum Gasteiger partial charge on any atom is 0.319 e. The van der Waals surface area contributed by atoms with Gasteiger partial charge >= 0.3 is 17.9 Å². The van der Waals surface area contributed by atoms with Gasteiger partial charge in [0, 0.05) is 34.8 Å². The summed E-state index contributed by atoms with van der Waals surface area (Å²) in [5, 5.41) is 28.3. The van der Waals surface area contributed by atoms with Crippen molar-refractivity contribution in [3.63, 3.8) is 0 Å². The molecule has 0 radical (unpaired) electrons. The molecule has 0 heterocycles. The summed E-state index contributed by atoms with van der Waals surface area (Å²) in [5.74, 6) is -2.38. The van der Waals surface area contributed by atoms with Crippen LogP contribution >= 0.6 is 46.4 Å². The second kappa shape index (κ2) is 34.7. The Balaban J connectivity index is 0.000000244. The van der Waals surface area contributed by atoms with Crippen molar-refractivity contribution in [3.05, 3.63) is 188 Å². The number of aryl methyl sites for hydroxylation is 3. The first-order valence-electron chi connectivity index (χ1n) is 24.6. The normalized spacial score (nSPS) is 13.3. The molecule has 75 heavy (non-hydrogen) atoms. The van der Waals surface area contributed by atoms with E-state index >= 15 is 0 Å². The number of carboxylic acids is 3. The van der Waals surface area contributed by atoms with Crippen LogP contribution in [-0.4, -0.2) is 68.7 Å². The molecule has 10 nitrogen and oxygen atoms in total. The van der Waals surface area contributed by atoms with E-state index in [0.29, 0.717) is 44.7 Å². The molecular formula is C58H64Cl4O10S3. The lowest BCUT2D eigenvalue weighted by Crippen LogP contribution is -2.25. The predicted molar refractivity (Wildman–Crippen MR) is 305 cm³/mol. The first-order chi connectivity index (χ1) is 36.1. The molecule has 402 valence electrons. The smallest absolute Gasteiger partial charge is 0.319 e. The molecule has 0 saturated heterocycles. The largest absolute Gasteiger partial charge is 0.497 e. The monoisotopic (exact) mass is 1160 g/mol. The number of halogens is 4. The zero-order valence-corrected chi connectivity index (χ0v) is 47.2. The van der Waals surface area contributed by atoms with Gasteiger partial charge in [0.2, 0.25) is 0 Å². The van der Waals surface area contributed by atoms with Gasteiger partial charge in [-0.05, 0) is 172 Å². The number of ether oxygens (including phenoxy) is 1. The predicted octanol–water partition coefficient (Wildman–Crippen LogP) is 14.8. The Kier molecular flexibility index (Phi) is 29.0. The quantitative estimate of drug-likeness (QED) is 0.0401. The maximum absolute atomic E-state index is 12.6. The van der Waals surface area contributed by atoms with Crippen LogP contribution in [0.4, 0.5) is 0 Å². The van der Waals surface area contributed by atoms with Crippen molar-refractivity contribution >= 4 is 96.7 Å². The highest BCUT2D eigenvalue weighted by atomic mass is 35.5. The Hall–Kier alpha value is -4.86. The SMILES string of the molecule is COc1ccc(S(=O)C(CCCCCc2ccc(Cl)cc2)C(=O)O)cc1.O=C(O)C(CCCCCc1ccc(Cl)cc1)S(=O)c1ccc(Cl)cc1.O=C(O)C(CCCCCc1ccc(Cl)cc1)S(=O)c1ccccc1. The Labute approximate surface area is 468 Å². The Morgan fingerprint density at radius 1 is 0.387 bits per heavy atom. The summed E-state index contributed by atoms with van der Waals surface area (Å²) in [7, 11) is -3.11. The maximum atomic E-state index is 12.6. The molecule has 3 N–H and O–H groups in total. The van der Waals surface area contributed by atoms with Crippen LogP contribution in [-0.2, 0) is 66.0 Å². The van der Waals surface area contributed by atoms with Crippen LogP contribution < -0.4 is 4.74 Å². The van der Waals surface area contributed by atoms with Crippen LogP contribution in [0, 0.1) is 0 Å². The number of hydrogen-bond donors (Lipinski definition) is 3. The van der Waals surface area contributed by atoms with Crippen LogP contribution in [0.5, 0.6) is 5.75 Å². The lowest BCUT2D eigenvalue weighted by molar-refractivity contribution is -0.137. The van der Waals surface area contributed by atoms with E-state index in [1.807, 2.05) is 78.9 Å². The molecule has 0 aliphatic carbocycles. The first kappa shape index (κ1) is 62.7. The van der Waals surface area contributed by atoms with Gasteiger partial charge in [-0.3, -0.25) is 27.0 Å². The summed E-state index contributed by atoms with van der Waals surface area (Å²) in [6, 6.07) is 45.2. The molecule has 6 unspecified atom stereocenters. The molecule has 6 atom stereocenters. The fourth-order valence-corrected chi connectivity index (χ4v) is 12.2. The highest BCUT2D eigenvalue weighted by Crippen LogP contribution is 2.24. The number of benzene rings is 6. The summed E-state index contributed by atoms with van der Waals surface area (Å²) in [6.45, 7) is 0. The second-order valence-electron chi connectivity index (χ2n) is 17.5. The highest BCUT2D eigenvalue weighted by Gasteiger charge is 2.27. The summed E-state index contributed by atoms with van der Waals surface area (Å²) >= 11 is 23.4. The minimum atomic E-state index is -1.58. The molecular weight excluding hydrogens is 1090 g/mol. The van der Waals surface area contributed by atoms with E-state index < -0.39 is 66.1 Å². The lowest BCUT2D eigenvalue weighted by Gasteiger charge is -2.12. The number of methoxy groups -OCH3 is 1. The van der Waals surface area contributed by atoms with Crippen molar-refractivity contribution in [2.75, 3.05) is 7.11 Å². The van der Waals surface area contributed by atoms with Crippen molar-refractivity contribution in [1.29, 1.82) is 0 Å². The molecule has 0 bridgehead atoms. The molecule has 0 aliphatic rings. The third kappa shape index (κ3) is 23.5. The minimum absolute atomic E-state index is 0.394. The van der Waals surface area contributed by atoms with Gasteiger partial charge in [-0.15, -0.1) is 0 Å². The fraction of sp³-hybridized carbons (Fsp3) is 0.328. The number of aliphatic carboxylic acids is 3. The zero-order chi connectivity index (χ0) is 54.5. The summed E-state index contributed by atoms with van der Waals surface area (Å²) < 4.78 is 42.6. The van der Waals surface area contributed by atoms with Crippen LogP contribution in [0.2, 0.25) is 20.1 Å². The average molecular weight is 1160 g/mol. The van der Waals surface area contributed by atoms with Crippen molar-refractivity contribution in [2.24, 2.45) is 0 Å². The first-order valence-corrected chi connectivity index (χ1v) is 29.8. The molecule has 17 heteroatoms. The zero-order valence-electron chi connectivity index (χ0n) is 41.7. The second-order valence-corrected chi connectivity index (χ2v) is 24.1. The van der Waals surface area contributed by atoms with E-state index in [1.165, 1.54) is 16.7 Å². The average Bonchev–Trinajstić information content (AvgIpc) is 3.41. The summed E-state index contributed by atoms with van der Waals surface area (Å²) in [6.07, 6.45) is 11.8. The van der Waals surface area contributed by atoms with Crippen molar-refractivity contribution in [2.45, 2.75) is 127 Å². The van der Waals surface area contributed by atoms with Gasteiger partial charge in [-0.25, -0.2) is 0 Å². The minimum Gasteiger partial charge on any atom is -0.497 e. The molecule has 0 amide bonds. The standard InChI is InChI=1S/C20H23ClO4S.C19H20Cl2O3S.C19H21ClO3S/c1-25-17-11-13-18(14-12-17)26(24)19(20(22)23)6-4-2-3-5-15-7-9-16(21)10-8-15;20-15-8-6-14(7-9-15)4-2-1-3-5-18(19(22)23)25(24)17-12-10-16(21)11-13-17;20-16-13-11-15(12-14-16)7-3-1-6-10-18(19(21)22)24(23)17-8-4-2-5-9-17/h7-14,19H,2-6H2,1H3,(H,22,23);6-13,18H,1-5H2,(H,22,23);2,4-5,8-9,11-14,18H,1,3,6-7,10H2,(H,21,22). The third-order valence-electron chi connectivity index (χ3n) is 11.9. The van der Waals surface area contributed by atoms with Crippen molar-refractivity contribution in [3.8, 4) is 5.75 Å². The van der Waals surface area contributed by atoms with Crippen LogP contribution in [0.3, 0.4) is 0 Å². The summed E-state index contributed by atoms with van der Waals surface area (Å²) in [4.78, 5) is 36.0. The molecule has 6 aromatic carbocycles. The van der Waals surface area contributed by atoms with Crippen LogP contribution in [0.25, 0.3) is 0 Å². The summed E-state index contributed by atoms with van der Waals surface area (Å²) in [5.41, 5.74) is 3.65. The van der Waals surface area contributed by atoms with Gasteiger partial charge in [0.05, 0.1) is 39.5 Å². The van der Waals surface area contributed by atoms with Crippen LogP contribution in [0.15, 0.2) is 166 Å². The number of carboxylic acid groups (broad SMARTS) is 3. The molecule has 0 spiro atoms. The number of carbonyl (C=O) groups is 3.